The number of aromatic nitrogens is 2. The zero-order valence-electron chi connectivity index (χ0n) is 13.4. The van der Waals surface area contributed by atoms with E-state index >= 15 is 0 Å². The fourth-order valence-corrected chi connectivity index (χ4v) is 2.70. The first-order valence-electron chi connectivity index (χ1n) is 8.23. The molecule has 6 nitrogen and oxygen atoms in total. The molecule has 0 radical (unpaired) electrons. The molecule has 0 aliphatic heterocycles. The smallest absolute Gasteiger partial charge is 0.140 e. The van der Waals surface area contributed by atoms with E-state index in [1.54, 1.807) is 0 Å². The van der Waals surface area contributed by atoms with Gasteiger partial charge >= 0.3 is 0 Å². The molecule has 0 unspecified atom stereocenters. The summed E-state index contributed by atoms with van der Waals surface area (Å²) in [5.41, 5.74) is 2.16. The van der Waals surface area contributed by atoms with Gasteiger partial charge in [-0.05, 0) is 32.1 Å². The molecule has 1 aromatic heterocycles. The minimum atomic E-state index is 0.401. The Morgan fingerprint density at radius 3 is 2.70 bits per heavy atom. The fourth-order valence-electron chi connectivity index (χ4n) is 2.70. The minimum absolute atomic E-state index is 0.401. The Morgan fingerprint density at radius 1 is 1.17 bits per heavy atom. The van der Waals surface area contributed by atoms with Gasteiger partial charge in [0.15, 0.2) is 0 Å². The average molecular weight is 312 g/mol. The Balaban J connectivity index is 1.93. The van der Waals surface area contributed by atoms with Crippen molar-refractivity contribution in [2.75, 3.05) is 23.7 Å². The normalized spacial score (nSPS) is 14.3. The maximum Gasteiger partial charge on any atom is 0.140 e. The third-order valence-corrected chi connectivity index (χ3v) is 3.93. The SMILES string of the molecule is N#CCCNc1ncnc(NCCC2=CCCCCC2)c1C=N. The van der Waals surface area contributed by atoms with Gasteiger partial charge in [-0.15, -0.1) is 0 Å². The zero-order valence-corrected chi connectivity index (χ0v) is 13.4. The Hall–Kier alpha value is -2.42. The first kappa shape index (κ1) is 16.9. The van der Waals surface area contributed by atoms with Crippen molar-refractivity contribution in [1.29, 1.82) is 10.7 Å². The standard InChI is InChI=1S/C17H24N6/c18-9-5-10-20-16-15(12-19)17(23-13-22-16)21-11-8-14-6-3-1-2-4-7-14/h6,12-13,19H,1-5,7-8,10-11H2,(H2,20,21,22,23). The summed E-state index contributed by atoms with van der Waals surface area (Å²) in [7, 11) is 0. The third kappa shape index (κ3) is 5.37. The molecule has 0 fully saturated rings. The molecule has 0 atom stereocenters. The largest absolute Gasteiger partial charge is 0.369 e. The summed E-state index contributed by atoms with van der Waals surface area (Å²) in [6.07, 6.45) is 12.8. The molecule has 0 spiro atoms. The van der Waals surface area contributed by atoms with Crippen molar-refractivity contribution in [3.05, 3.63) is 23.5 Å². The Morgan fingerprint density at radius 2 is 1.96 bits per heavy atom. The predicted molar refractivity (Wildman–Crippen MR) is 92.9 cm³/mol. The van der Waals surface area contributed by atoms with Gasteiger partial charge in [0.1, 0.15) is 18.0 Å². The highest BCUT2D eigenvalue weighted by molar-refractivity contribution is 5.90. The van der Waals surface area contributed by atoms with Crippen molar-refractivity contribution in [3.63, 3.8) is 0 Å². The van der Waals surface area contributed by atoms with Crippen LogP contribution in [0, 0.1) is 16.7 Å². The summed E-state index contributed by atoms with van der Waals surface area (Å²) >= 11 is 0. The number of hydrogen-bond acceptors (Lipinski definition) is 6. The van der Waals surface area contributed by atoms with Crippen molar-refractivity contribution in [1.82, 2.24) is 9.97 Å². The van der Waals surface area contributed by atoms with E-state index in [0.717, 1.165) is 13.0 Å². The summed E-state index contributed by atoms with van der Waals surface area (Å²) in [4.78, 5) is 8.40. The molecule has 122 valence electrons. The first-order chi connectivity index (χ1) is 11.3. The van der Waals surface area contributed by atoms with Crippen molar-refractivity contribution >= 4 is 17.9 Å². The molecule has 0 aromatic carbocycles. The van der Waals surface area contributed by atoms with Crippen LogP contribution in [-0.2, 0) is 0 Å². The second-order valence-corrected chi connectivity index (χ2v) is 5.60. The van der Waals surface area contributed by atoms with Crippen molar-refractivity contribution in [3.8, 4) is 6.07 Å². The van der Waals surface area contributed by atoms with E-state index in [1.807, 2.05) is 0 Å². The number of anilines is 2. The maximum atomic E-state index is 8.60. The topological polar surface area (TPSA) is 97.5 Å². The molecular weight excluding hydrogens is 288 g/mol. The highest BCUT2D eigenvalue weighted by Gasteiger charge is 2.09. The second kappa shape index (κ2) is 9.57. The zero-order chi connectivity index (χ0) is 16.3. The van der Waals surface area contributed by atoms with Crippen LogP contribution >= 0.6 is 0 Å². The molecule has 23 heavy (non-hydrogen) atoms. The highest BCUT2D eigenvalue weighted by atomic mass is 15.1. The summed E-state index contributed by atoms with van der Waals surface area (Å²) in [5, 5.41) is 22.6. The van der Waals surface area contributed by atoms with Gasteiger partial charge in [-0.25, -0.2) is 9.97 Å². The van der Waals surface area contributed by atoms with E-state index in [2.05, 4.69) is 32.7 Å². The van der Waals surface area contributed by atoms with E-state index in [-0.39, 0.29) is 0 Å². The summed E-state index contributed by atoms with van der Waals surface area (Å²) in [5.74, 6) is 1.27. The van der Waals surface area contributed by atoms with Crippen LogP contribution < -0.4 is 10.6 Å². The van der Waals surface area contributed by atoms with Crippen LogP contribution in [0.25, 0.3) is 0 Å². The summed E-state index contributed by atoms with van der Waals surface area (Å²) < 4.78 is 0. The lowest BCUT2D eigenvalue weighted by atomic mass is 10.1. The fraction of sp³-hybridized carbons (Fsp3) is 0.529. The summed E-state index contributed by atoms with van der Waals surface area (Å²) in [6, 6.07) is 2.08. The molecule has 6 heteroatoms. The van der Waals surface area contributed by atoms with Gasteiger partial charge in [-0.2, -0.15) is 5.26 Å². The Bertz CT molecular complexity index is 587. The molecule has 1 aromatic rings. The van der Waals surface area contributed by atoms with Crippen LogP contribution in [0.2, 0.25) is 0 Å². The number of hydrogen-bond donors (Lipinski definition) is 3. The molecule has 2 rings (SSSR count). The van der Waals surface area contributed by atoms with Crippen LogP contribution in [0.3, 0.4) is 0 Å². The average Bonchev–Trinajstić information content (AvgIpc) is 2.84. The lowest BCUT2D eigenvalue weighted by Crippen LogP contribution is -2.11. The second-order valence-electron chi connectivity index (χ2n) is 5.60. The molecule has 0 bridgehead atoms. The maximum absolute atomic E-state index is 8.60. The van der Waals surface area contributed by atoms with Crippen LogP contribution in [-0.4, -0.2) is 29.3 Å². The van der Waals surface area contributed by atoms with E-state index < -0.39 is 0 Å². The molecule has 0 saturated carbocycles. The van der Waals surface area contributed by atoms with Gasteiger partial charge in [-0.3, -0.25) is 0 Å². The quantitative estimate of drug-likeness (QED) is 0.388. The molecule has 0 amide bonds. The molecular formula is C17H24N6. The van der Waals surface area contributed by atoms with Crippen LogP contribution in [0.1, 0.15) is 50.5 Å². The van der Waals surface area contributed by atoms with E-state index in [1.165, 1.54) is 50.2 Å². The van der Waals surface area contributed by atoms with Gasteiger partial charge in [-0.1, -0.05) is 18.1 Å². The Labute approximate surface area is 137 Å². The third-order valence-electron chi connectivity index (χ3n) is 3.93. The van der Waals surface area contributed by atoms with E-state index in [0.29, 0.717) is 30.2 Å². The molecule has 0 saturated heterocycles. The van der Waals surface area contributed by atoms with E-state index in [9.17, 15) is 0 Å². The lowest BCUT2D eigenvalue weighted by molar-refractivity contribution is 0.704. The van der Waals surface area contributed by atoms with Gasteiger partial charge in [0.25, 0.3) is 0 Å². The highest BCUT2D eigenvalue weighted by Crippen LogP contribution is 2.21. The lowest BCUT2D eigenvalue weighted by Gasteiger charge is -2.13. The van der Waals surface area contributed by atoms with Crippen LogP contribution in [0.4, 0.5) is 11.6 Å². The number of nitrogens with one attached hydrogen (secondary N) is 3. The predicted octanol–water partition coefficient (Wildman–Crippen LogP) is 3.49. The summed E-state index contributed by atoms with van der Waals surface area (Å²) in [6.45, 7) is 1.32. The van der Waals surface area contributed by atoms with Crippen molar-refractivity contribution in [2.24, 2.45) is 0 Å². The van der Waals surface area contributed by atoms with Gasteiger partial charge in [0, 0.05) is 19.3 Å². The number of allylic oxidation sites excluding steroid dienone is 1. The molecule has 1 heterocycles. The van der Waals surface area contributed by atoms with Crippen LogP contribution in [0.5, 0.6) is 0 Å². The van der Waals surface area contributed by atoms with Gasteiger partial charge < -0.3 is 16.0 Å². The number of nitriles is 1. The minimum Gasteiger partial charge on any atom is -0.369 e. The monoisotopic (exact) mass is 312 g/mol. The van der Waals surface area contributed by atoms with Gasteiger partial charge in [0.05, 0.1) is 18.1 Å². The van der Waals surface area contributed by atoms with Crippen molar-refractivity contribution < 1.29 is 0 Å². The number of nitrogens with zero attached hydrogens (tertiary/aromatic N) is 3. The van der Waals surface area contributed by atoms with Gasteiger partial charge in [0.2, 0.25) is 0 Å². The molecule has 3 N–H and O–H groups in total. The Kier molecular flexibility index (Phi) is 7.05. The van der Waals surface area contributed by atoms with Crippen molar-refractivity contribution in [2.45, 2.75) is 44.9 Å². The van der Waals surface area contributed by atoms with Crippen LogP contribution in [0.15, 0.2) is 18.0 Å². The number of rotatable bonds is 8. The first-order valence-corrected chi connectivity index (χ1v) is 8.23. The molecule has 1 aliphatic rings. The van der Waals surface area contributed by atoms with E-state index in [4.69, 9.17) is 10.7 Å². The molecule has 1 aliphatic carbocycles.